The van der Waals surface area contributed by atoms with Gasteiger partial charge in [0, 0.05) is 17.6 Å². The Hall–Kier alpha value is -2.67. The van der Waals surface area contributed by atoms with E-state index in [1.54, 1.807) is 32.9 Å². The van der Waals surface area contributed by atoms with Gasteiger partial charge >= 0.3 is 17.9 Å². The van der Waals surface area contributed by atoms with Crippen molar-refractivity contribution in [1.29, 1.82) is 0 Å². The summed E-state index contributed by atoms with van der Waals surface area (Å²) in [6.45, 7) is 12.8. The molecule has 0 radical (unpaired) electrons. The van der Waals surface area contributed by atoms with Crippen molar-refractivity contribution in [1.82, 2.24) is 0 Å². The van der Waals surface area contributed by atoms with Crippen LogP contribution in [0.1, 0.15) is 53.9 Å². The molecule has 0 aromatic heterocycles. The van der Waals surface area contributed by atoms with E-state index in [1.807, 2.05) is 13.8 Å². The molecule has 7 heteroatoms. The summed E-state index contributed by atoms with van der Waals surface area (Å²) in [5.74, 6) is -2.09. The average molecular weight is 445 g/mol. The van der Waals surface area contributed by atoms with E-state index >= 15 is 0 Å². The lowest BCUT2D eigenvalue weighted by molar-refractivity contribution is -0.149. The summed E-state index contributed by atoms with van der Waals surface area (Å²) in [6.07, 6.45) is 5.96. The van der Waals surface area contributed by atoms with Gasteiger partial charge in [0.15, 0.2) is 0 Å². The topological polar surface area (TPSA) is 91.4 Å². The maximum Gasteiger partial charge on any atom is 0.337 e. The molecule has 174 valence electrons. The van der Waals surface area contributed by atoms with Gasteiger partial charge in [0.1, 0.15) is 24.9 Å². The number of esters is 3. The van der Waals surface area contributed by atoms with Crippen molar-refractivity contribution in [3.63, 3.8) is 0 Å². The minimum atomic E-state index is -0.655. The molecule has 32 heavy (non-hydrogen) atoms. The Labute approximate surface area is 189 Å². The van der Waals surface area contributed by atoms with Crippen LogP contribution in [0.25, 0.3) is 0 Å². The van der Waals surface area contributed by atoms with Crippen LogP contribution >= 0.6 is 0 Å². The maximum atomic E-state index is 13.0. The summed E-state index contributed by atoms with van der Waals surface area (Å²) in [5.41, 5.74) is 1.64. The Morgan fingerprint density at radius 3 is 2.66 bits per heavy atom. The minimum absolute atomic E-state index is 0.199. The Balaban J connectivity index is 1.80. The van der Waals surface area contributed by atoms with Gasteiger partial charge in [-0.3, -0.25) is 0 Å². The molecule has 0 saturated carbocycles. The highest BCUT2D eigenvalue weighted by molar-refractivity contribution is 5.92. The molecule has 0 amide bonds. The van der Waals surface area contributed by atoms with E-state index in [0.717, 1.165) is 18.4 Å². The Morgan fingerprint density at radius 2 is 2.00 bits per heavy atom. The van der Waals surface area contributed by atoms with Gasteiger partial charge in [0.25, 0.3) is 0 Å². The zero-order valence-electron chi connectivity index (χ0n) is 19.4. The van der Waals surface area contributed by atoms with Gasteiger partial charge in [-0.2, -0.15) is 0 Å². The molecule has 2 heterocycles. The monoisotopic (exact) mass is 444 g/mol. The van der Waals surface area contributed by atoms with E-state index in [9.17, 15) is 14.4 Å². The molecule has 0 unspecified atom stereocenters. The van der Waals surface area contributed by atoms with Crippen LogP contribution in [0.4, 0.5) is 0 Å². The number of carbonyl (C=O) groups excluding carboxylic acids is 3. The van der Waals surface area contributed by atoms with Crippen LogP contribution in [-0.2, 0) is 33.3 Å². The lowest BCUT2D eigenvalue weighted by Crippen LogP contribution is -2.39. The molecule has 2 saturated heterocycles. The van der Waals surface area contributed by atoms with Gasteiger partial charge < -0.3 is 18.9 Å². The number of hydrogen-bond donors (Lipinski definition) is 0. The first-order valence-electron chi connectivity index (χ1n) is 11.0. The third-order valence-electron chi connectivity index (χ3n) is 6.54. The van der Waals surface area contributed by atoms with E-state index in [0.29, 0.717) is 12.0 Å². The predicted molar refractivity (Wildman–Crippen MR) is 117 cm³/mol. The van der Waals surface area contributed by atoms with Crippen molar-refractivity contribution < 1.29 is 33.3 Å². The third-order valence-corrected chi connectivity index (χ3v) is 6.54. The van der Waals surface area contributed by atoms with Crippen molar-refractivity contribution in [2.24, 2.45) is 5.92 Å². The van der Waals surface area contributed by atoms with Crippen LogP contribution in [-0.4, -0.2) is 48.4 Å². The van der Waals surface area contributed by atoms with E-state index in [1.165, 1.54) is 0 Å². The largest absolute Gasteiger partial charge is 0.458 e. The van der Waals surface area contributed by atoms with Crippen molar-refractivity contribution >= 4 is 17.9 Å². The molecular formula is C25H32O7. The summed E-state index contributed by atoms with van der Waals surface area (Å²) in [5, 5.41) is 0. The number of allylic oxidation sites excluding steroid dienone is 3. The summed E-state index contributed by atoms with van der Waals surface area (Å²) in [6, 6.07) is 0. The molecule has 5 atom stereocenters. The van der Waals surface area contributed by atoms with E-state index in [4.69, 9.17) is 18.9 Å². The molecule has 0 aromatic rings. The standard InChI is InChI=1S/C25H32O7/c1-7-15(4)22(26)29-13-17(8-2)24(28)30-18-12-14(3)10-9-11-25(6)21(32-25)20-19(18)16(5)23(27)31-20/h7-8,10,18-21H,5,9,11-13H2,1-4,6H3/b14-10+,15-7-,17-8+/t18-,19-,20+,21+,25-/m1/s1. The number of fused-ring (bicyclic) bond motifs is 3. The first-order chi connectivity index (χ1) is 15.1. The molecule has 2 aliphatic heterocycles. The van der Waals surface area contributed by atoms with E-state index in [2.05, 4.69) is 12.7 Å². The molecule has 3 aliphatic rings. The number of ether oxygens (including phenoxy) is 4. The highest BCUT2D eigenvalue weighted by Gasteiger charge is 2.63. The second kappa shape index (κ2) is 9.45. The van der Waals surface area contributed by atoms with Crippen LogP contribution in [0, 0.1) is 5.92 Å². The molecule has 0 N–H and O–H groups in total. The summed E-state index contributed by atoms with van der Waals surface area (Å²) in [7, 11) is 0. The highest BCUT2D eigenvalue weighted by Crippen LogP contribution is 2.50. The summed E-state index contributed by atoms with van der Waals surface area (Å²) in [4.78, 5) is 37.3. The molecule has 0 bridgehead atoms. The quantitative estimate of drug-likeness (QED) is 0.210. The first-order valence-corrected chi connectivity index (χ1v) is 11.0. The number of hydrogen-bond acceptors (Lipinski definition) is 7. The smallest absolute Gasteiger partial charge is 0.337 e. The van der Waals surface area contributed by atoms with Gasteiger partial charge in [0.2, 0.25) is 0 Å². The number of rotatable bonds is 5. The number of epoxide rings is 1. The summed E-state index contributed by atoms with van der Waals surface area (Å²) < 4.78 is 22.7. The maximum absolute atomic E-state index is 13.0. The second-order valence-electron chi connectivity index (χ2n) is 8.87. The highest BCUT2D eigenvalue weighted by atomic mass is 16.6. The Kier molecular flexibility index (Phi) is 7.08. The SMILES string of the molecule is C=C1C(=O)O[C@H]2[C@H]1[C@H](OC(=O)/C(=C/C)COC(=O)/C(C)=C\C)C/C(C)=C/CC[C@@]1(C)O[C@@H]21. The van der Waals surface area contributed by atoms with Crippen LogP contribution in [0.3, 0.4) is 0 Å². The minimum Gasteiger partial charge on any atom is -0.458 e. The molecule has 7 nitrogen and oxygen atoms in total. The summed E-state index contributed by atoms with van der Waals surface area (Å²) >= 11 is 0. The normalized spacial score (nSPS) is 34.5. The molecule has 0 spiro atoms. The molecule has 2 fully saturated rings. The second-order valence-corrected chi connectivity index (χ2v) is 8.87. The van der Waals surface area contributed by atoms with Crippen LogP contribution < -0.4 is 0 Å². The fourth-order valence-corrected chi connectivity index (χ4v) is 4.26. The van der Waals surface area contributed by atoms with E-state index < -0.39 is 36.0 Å². The molecule has 0 aromatic carbocycles. The lowest BCUT2D eigenvalue weighted by atomic mass is 9.82. The fourth-order valence-electron chi connectivity index (χ4n) is 4.26. The van der Waals surface area contributed by atoms with Crippen LogP contribution in [0.15, 0.2) is 47.1 Å². The van der Waals surface area contributed by atoms with E-state index in [-0.39, 0.29) is 29.5 Å². The van der Waals surface area contributed by atoms with Gasteiger partial charge in [-0.05, 0) is 47.5 Å². The van der Waals surface area contributed by atoms with Crippen LogP contribution in [0.5, 0.6) is 0 Å². The predicted octanol–water partition coefficient (Wildman–Crippen LogP) is 3.74. The van der Waals surface area contributed by atoms with Crippen LogP contribution in [0.2, 0.25) is 0 Å². The average Bonchev–Trinajstić information content (AvgIpc) is 3.33. The Morgan fingerprint density at radius 1 is 1.28 bits per heavy atom. The van der Waals surface area contributed by atoms with Crippen molar-refractivity contribution in [2.75, 3.05) is 6.61 Å². The zero-order chi connectivity index (χ0) is 23.6. The lowest BCUT2D eigenvalue weighted by Gasteiger charge is -2.28. The van der Waals surface area contributed by atoms with Gasteiger partial charge in [0.05, 0.1) is 17.1 Å². The number of carbonyl (C=O) groups is 3. The molecule has 3 rings (SSSR count). The Bertz CT molecular complexity index is 909. The molecular weight excluding hydrogens is 412 g/mol. The fraction of sp³-hybridized carbons (Fsp3) is 0.560. The van der Waals surface area contributed by atoms with Crippen molar-refractivity contribution in [2.45, 2.75) is 77.8 Å². The van der Waals surface area contributed by atoms with Gasteiger partial charge in [-0.1, -0.05) is 30.4 Å². The molecule has 1 aliphatic carbocycles. The first kappa shape index (κ1) is 24.0. The van der Waals surface area contributed by atoms with Gasteiger partial charge in [-0.25, -0.2) is 14.4 Å². The van der Waals surface area contributed by atoms with Crippen molar-refractivity contribution in [3.8, 4) is 0 Å². The van der Waals surface area contributed by atoms with Gasteiger partial charge in [-0.15, -0.1) is 0 Å². The zero-order valence-corrected chi connectivity index (χ0v) is 19.4. The van der Waals surface area contributed by atoms with Crippen molar-refractivity contribution in [3.05, 3.63) is 47.1 Å². The third kappa shape index (κ3) is 4.88.